The Labute approximate surface area is 213 Å². The number of hydrogen-bond acceptors (Lipinski definition) is 3. The molecule has 6 rings (SSSR count). The van der Waals surface area contributed by atoms with Gasteiger partial charge in [0.05, 0.1) is 17.6 Å². The van der Waals surface area contributed by atoms with Gasteiger partial charge < -0.3 is 5.32 Å². The van der Waals surface area contributed by atoms with E-state index in [0.29, 0.717) is 6.04 Å². The molecule has 1 aliphatic heterocycles. The van der Waals surface area contributed by atoms with E-state index in [9.17, 15) is 0 Å². The summed E-state index contributed by atoms with van der Waals surface area (Å²) in [7, 11) is 0. The molecule has 4 aliphatic rings. The maximum absolute atomic E-state index is 4.68. The van der Waals surface area contributed by atoms with E-state index in [1.165, 1.54) is 43.4 Å². The third-order valence-electron chi connectivity index (χ3n) is 7.62. The average molecular weight is 473 g/mol. The number of aryl methyl sites for hydroxylation is 1. The second-order valence-electron chi connectivity index (χ2n) is 10.1. The van der Waals surface area contributed by atoms with Crippen LogP contribution in [0.1, 0.15) is 43.4 Å². The van der Waals surface area contributed by atoms with Crippen molar-refractivity contribution in [3.63, 3.8) is 0 Å². The van der Waals surface area contributed by atoms with Crippen LogP contribution in [-0.4, -0.2) is 27.8 Å². The maximum atomic E-state index is 4.68. The number of nitrogens with one attached hydrogen (secondary N) is 2. The smallest absolute Gasteiger partial charge is 0.0912 e. The monoisotopic (exact) mass is 472 g/mol. The molecule has 2 aromatic heterocycles. The van der Waals surface area contributed by atoms with Gasteiger partial charge in [-0.2, -0.15) is 5.10 Å². The first kappa shape index (κ1) is 22.7. The molecule has 0 amide bonds. The molecule has 2 N–H and O–H groups in total. The van der Waals surface area contributed by atoms with Crippen LogP contribution in [0.2, 0.25) is 0 Å². The topological polar surface area (TPSA) is 53.6 Å². The lowest BCUT2D eigenvalue weighted by molar-refractivity contribution is 0.432. The lowest BCUT2D eigenvalue weighted by Crippen LogP contribution is -2.25. The van der Waals surface area contributed by atoms with Gasteiger partial charge in [0.2, 0.25) is 0 Å². The standard InChI is InChI=1S/C32H32N4/c1-22-6-2-13-31(35-22)32-29(21-34-36-32)26-10-5-11-27-19-23(7-3-9-25(27)14-15-26)18-24-8-4-12-30-28(20-24)16-17-33-30/h2-3,5-8,10-11,13-15,19,21,28,30,33H,4,12,16-18,20H2,1H3,(H,34,36)/b11-5+,15-14?,26-10?. The van der Waals surface area contributed by atoms with Crippen molar-refractivity contribution in [3.05, 3.63) is 118 Å². The number of nitrogens with zero attached hydrogens (tertiary/aromatic N) is 2. The third kappa shape index (κ3) is 4.83. The second kappa shape index (κ2) is 10.1. The van der Waals surface area contributed by atoms with E-state index >= 15 is 0 Å². The molecular formula is C32H32N4. The fourth-order valence-corrected chi connectivity index (χ4v) is 5.78. The van der Waals surface area contributed by atoms with E-state index in [-0.39, 0.29) is 0 Å². The van der Waals surface area contributed by atoms with Crippen LogP contribution in [0.4, 0.5) is 0 Å². The van der Waals surface area contributed by atoms with Crippen LogP contribution < -0.4 is 5.32 Å². The Morgan fingerprint density at radius 3 is 3.00 bits per heavy atom. The molecule has 36 heavy (non-hydrogen) atoms. The van der Waals surface area contributed by atoms with E-state index in [1.54, 1.807) is 5.57 Å². The van der Waals surface area contributed by atoms with Gasteiger partial charge in [-0.25, -0.2) is 0 Å². The largest absolute Gasteiger partial charge is 0.314 e. The highest BCUT2D eigenvalue weighted by Crippen LogP contribution is 2.34. The molecule has 0 bridgehead atoms. The summed E-state index contributed by atoms with van der Waals surface area (Å²) in [4.78, 5) is 4.68. The number of allylic oxidation sites excluding steroid dienone is 13. The molecule has 2 aromatic rings. The molecule has 3 heterocycles. The van der Waals surface area contributed by atoms with Gasteiger partial charge in [0.15, 0.2) is 0 Å². The molecule has 2 atom stereocenters. The van der Waals surface area contributed by atoms with Crippen molar-refractivity contribution < 1.29 is 0 Å². The minimum Gasteiger partial charge on any atom is -0.314 e. The van der Waals surface area contributed by atoms with E-state index in [4.69, 9.17) is 0 Å². The summed E-state index contributed by atoms with van der Waals surface area (Å²) < 4.78 is 0. The summed E-state index contributed by atoms with van der Waals surface area (Å²) in [5.74, 6) is 0.803. The van der Waals surface area contributed by atoms with Gasteiger partial charge in [-0.15, -0.1) is 5.73 Å². The van der Waals surface area contributed by atoms with Gasteiger partial charge in [0.1, 0.15) is 0 Å². The first-order chi connectivity index (χ1) is 17.7. The fourth-order valence-electron chi connectivity index (χ4n) is 5.78. The first-order valence-corrected chi connectivity index (χ1v) is 13.1. The average Bonchev–Trinajstić information content (AvgIpc) is 3.43. The van der Waals surface area contributed by atoms with E-state index in [2.05, 4.69) is 80.9 Å². The van der Waals surface area contributed by atoms with Crippen molar-refractivity contribution in [1.29, 1.82) is 0 Å². The molecule has 4 heteroatoms. The van der Waals surface area contributed by atoms with Crippen molar-refractivity contribution >= 4 is 5.57 Å². The number of pyridine rings is 1. The van der Waals surface area contributed by atoms with Crippen LogP contribution in [0.3, 0.4) is 0 Å². The highest BCUT2D eigenvalue weighted by molar-refractivity contribution is 5.84. The Hall–Kier alpha value is -3.72. The predicted molar refractivity (Wildman–Crippen MR) is 147 cm³/mol. The quantitative estimate of drug-likeness (QED) is 0.384. The summed E-state index contributed by atoms with van der Waals surface area (Å²) in [6, 6.07) is 6.77. The van der Waals surface area contributed by atoms with Gasteiger partial charge >= 0.3 is 0 Å². The van der Waals surface area contributed by atoms with Crippen molar-refractivity contribution in [2.45, 2.75) is 45.1 Å². The molecule has 0 spiro atoms. The molecule has 2 unspecified atom stereocenters. The summed E-state index contributed by atoms with van der Waals surface area (Å²) in [6.07, 6.45) is 27.9. The summed E-state index contributed by atoms with van der Waals surface area (Å²) in [6.45, 7) is 3.19. The van der Waals surface area contributed by atoms with E-state index in [1.807, 2.05) is 31.3 Å². The van der Waals surface area contributed by atoms with Gasteiger partial charge in [0.25, 0.3) is 0 Å². The van der Waals surface area contributed by atoms with Crippen LogP contribution in [0.15, 0.2) is 107 Å². The molecular weight excluding hydrogens is 440 g/mol. The van der Waals surface area contributed by atoms with Crippen molar-refractivity contribution in [1.82, 2.24) is 20.5 Å². The van der Waals surface area contributed by atoms with Gasteiger partial charge in [-0.1, -0.05) is 54.2 Å². The zero-order valence-electron chi connectivity index (χ0n) is 20.8. The van der Waals surface area contributed by atoms with Crippen LogP contribution in [0, 0.1) is 12.8 Å². The normalized spacial score (nSPS) is 24.1. The van der Waals surface area contributed by atoms with E-state index in [0.717, 1.165) is 46.1 Å². The lowest BCUT2D eigenvalue weighted by atomic mass is 9.90. The molecule has 180 valence electrons. The predicted octanol–water partition coefficient (Wildman–Crippen LogP) is 6.72. The van der Waals surface area contributed by atoms with Gasteiger partial charge in [-0.05, 0) is 92.5 Å². The number of H-pyrrole nitrogens is 1. The minimum absolute atomic E-state index is 0.713. The summed E-state index contributed by atoms with van der Waals surface area (Å²) in [5, 5.41) is 11.2. The third-order valence-corrected chi connectivity index (χ3v) is 7.62. The number of aromatic amines is 1. The fraction of sp³-hybridized carbons (Fsp3) is 0.281. The summed E-state index contributed by atoms with van der Waals surface area (Å²) >= 11 is 0. The van der Waals surface area contributed by atoms with E-state index < -0.39 is 0 Å². The Kier molecular flexibility index (Phi) is 6.38. The molecule has 4 nitrogen and oxygen atoms in total. The Bertz CT molecular complexity index is 1420. The number of fused-ring (bicyclic) bond motifs is 2. The Morgan fingerprint density at radius 1 is 1.08 bits per heavy atom. The maximum Gasteiger partial charge on any atom is 0.0912 e. The molecule has 1 saturated heterocycles. The van der Waals surface area contributed by atoms with Crippen LogP contribution in [0.5, 0.6) is 0 Å². The SMILES string of the molecule is Cc1cccc(-c2[nH]ncc2C2=C/C=C/C3=CC(CC4=CCCC5NCCC5C4)=CC=C=C3C=C2)n1. The van der Waals surface area contributed by atoms with Crippen LogP contribution >= 0.6 is 0 Å². The van der Waals surface area contributed by atoms with Crippen molar-refractivity contribution in [3.8, 4) is 11.4 Å². The number of rotatable bonds is 4. The highest BCUT2D eigenvalue weighted by atomic mass is 15.1. The molecule has 0 radical (unpaired) electrons. The Morgan fingerprint density at radius 2 is 2.06 bits per heavy atom. The van der Waals surface area contributed by atoms with Gasteiger partial charge in [-0.3, -0.25) is 10.1 Å². The van der Waals surface area contributed by atoms with Gasteiger partial charge in [0, 0.05) is 22.9 Å². The Balaban J connectivity index is 1.24. The number of aromatic nitrogens is 3. The van der Waals surface area contributed by atoms with Crippen molar-refractivity contribution in [2.75, 3.05) is 6.54 Å². The molecule has 3 aliphatic carbocycles. The van der Waals surface area contributed by atoms with Crippen molar-refractivity contribution in [2.24, 2.45) is 5.92 Å². The van der Waals surface area contributed by atoms with Crippen LogP contribution in [-0.2, 0) is 0 Å². The summed E-state index contributed by atoms with van der Waals surface area (Å²) in [5.41, 5.74) is 13.7. The minimum atomic E-state index is 0.713. The highest BCUT2D eigenvalue weighted by Gasteiger charge is 2.28. The lowest BCUT2D eigenvalue weighted by Gasteiger charge is -2.17. The number of hydrogen-bond donors (Lipinski definition) is 2. The zero-order valence-corrected chi connectivity index (χ0v) is 20.8. The molecule has 0 saturated carbocycles. The zero-order chi connectivity index (χ0) is 24.3. The molecule has 1 fully saturated rings. The van der Waals surface area contributed by atoms with Crippen LogP contribution in [0.25, 0.3) is 17.0 Å². The second-order valence-corrected chi connectivity index (χ2v) is 10.1. The first-order valence-electron chi connectivity index (χ1n) is 13.1. The molecule has 0 aromatic carbocycles.